The third-order valence-corrected chi connectivity index (χ3v) is 3.87. The molecule has 2 atom stereocenters. The molecule has 1 N–H and O–H groups in total. The Bertz CT molecular complexity index is 340. The van der Waals surface area contributed by atoms with E-state index in [0.717, 1.165) is 16.3 Å². The van der Waals surface area contributed by atoms with Crippen LogP contribution in [0, 0.1) is 11.8 Å². The van der Waals surface area contributed by atoms with Gasteiger partial charge in [-0.05, 0) is 49.3 Å². The Balaban J connectivity index is 1.98. The first-order chi connectivity index (χ1) is 7.63. The smallest absolute Gasteiger partial charge is 0.0353 e. The molecule has 2 unspecified atom stereocenters. The summed E-state index contributed by atoms with van der Waals surface area (Å²) in [5.74, 6) is 1.71. The Morgan fingerprint density at radius 1 is 1.12 bits per heavy atom. The predicted molar refractivity (Wildman–Crippen MR) is 73.7 cm³/mol. The molecule has 2 heteroatoms. The van der Waals surface area contributed by atoms with Crippen LogP contribution in [0.3, 0.4) is 0 Å². The van der Waals surface area contributed by atoms with Gasteiger partial charge < -0.3 is 5.32 Å². The van der Waals surface area contributed by atoms with Crippen molar-refractivity contribution in [1.29, 1.82) is 0 Å². The first-order valence-corrected chi connectivity index (χ1v) is 6.95. The molecule has 0 aliphatic heterocycles. The maximum atomic E-state index is 3.65. The van der Waals surface area contributed by atoms with Crippen molar-refractivity contribution in [3.8, 4) is 0 Å². The molecule has 1 fully saturated rings. The summed E-state index contributed by atoms with van der Waals surface area (Å²) in [6, 6.07) is 9.10. The molecule has 1 aliphatic carbocycles. The van der Waals surface area contributed by atoms with E-state index in [-0.39, 0.29) is 0 Å². The van der Waals surface area contributed by atoms with Crippen LogP contribution >= 0.6 is 15.9 Å². The van der Waals surface area contributed by atoms with Crippen molar-refractivity contribution in [2.45, 2.75) is 39.2 Å². The second-order valence-corrected chi connectivity index (χ2v) is 6.18. The zero-order valence-corrected chi connectivity index (χ0v) is 11.6. The third-order valence-electron chi connectivity index (χ3n) is 3.37. The molecule has 0 spiro atoms. The van der Waals surface area contributed by atoms with Crippen molar-refractivity contribution < 1.29 is 0 Å². The van der Waals surface area contributed by atoms with Crippen LogP contribution in [0.4, 0.5) is 5.69 Å². The number of halogens is 1. The lowest BCUT2D eigenvalue weighted by atomic mass is 9.80. The maximum absolute atomic E-state index is 3.65. The van der Waals surface area contributed by atoms with Gasteiger partial charge in [-0.15, -0.1) is 0 Å². The minimum atomic E-state index is 0.646. The van der Waals surface area contributed by atoms with Crippen LogP contribution in [0.2, 0.25) is 0 Å². The maximum Gasteiger partial charge on any atom is 0.0353 e. The van der Waals surface area contributed by atoms with E-state index in [0.29, 0.717) is 6.04 Å². The fraction of sp³-hybridized carbons (Fsp3) is 0.571. The summed E-state index contributed by atoms with van der Waals surface area (Å²) < 4.78 is 1.15. The Labute approximate surface area is 107 Å². The minimum absolute atomic E-state index is 0.646. The van der Waals surface area contributed by atoms with Crippen molar-refractivity contribution in [1.82, 2.24) is 0 Å². The Morgan fingerprint density at radius 3 is 2.44 bits per heavy atom. The van der Waals surface area contributed by atoms with Gasteiger partial charge in [-0.1, -0.05) is 35.8 Å². The molecule has 0 amide bonds. The Kier molecular flexibility index (Phi) is 3.91. The number of rotatable bonds is 2. The summed E-state index contributed by atoms with van der Waals surface area (Å²) >= 11 is 3.51. The van der Waals surface area contributed by atoms with Crippen molar-refractivity contribution in [2.75, 3.05) is 5.32 Å². The van der Waals surface area contributed by atoms with Crippen LogP contribution in [-0.2, 0) is 0 Å². The van der Waals surface area contributed by atoms with Crippen molar-refractivity contribution in [2.24, 2.45) is 11.8 Å². The molecule has 16 heavy (non-hydrogen) atoms. The standard InChI is InChI=1S/C14H20BrN/c1-10-6-11(2)8-14(7-10)16-13-5-3-4-12(15)9-13/h3-5,9-11,14,16H,6-8H2,1-2H3. The molecule has 0 saturated heterocycles. The molecule has 2 rings (SSSR count). The van der Waals surface area contributed by atoms with E-state index >= 15 is 0 Å². The molecule has 88 valence electrons. The SMILES string of the molecule is CC1CC(C)CC(Nc2cccc(Br)c2)C1. The minimum Gasteiger partial charge on any atom is -0.382 e. The summed E-state index contributed by atoms with van der Waals surface area (Å²) in [4.78, 5) is 0. The molecule has 1 saturated carbocycles. The van der Waals surface area contributed by atoms with Gasteiger partial charge in [0.15, 0.2) is 0 Å². The van der Waals surface area contributed by atoms with E-state index in [9.17, 15) is 0 Å². The van der Waals surface area contributed by atoms with Gasteiger partial charge in [-0.25, -0.2) is 0 Å². The lowest BCUT2D eigenvalue weighted by molar-refractivity contribution is 0.281. The van der Waals surface area contributed by atoms with Crippen LogP contribution in [0.15, 0.2) is 28.7 Å². The monoisotopic (exact) mass is 281 g/mol. The number of hydrogen-bond acceptors (Lipinski definition) is 1. The molecule has 0 aromatic heterocycles. The molecule has 1 nitrogen and oxygen atoms in total. The van der Waals surface area contributed by atoms with E-state index in [1.165, 1.54) is 24.9 Å². The normalized spacial score (nSPS) is 30.1. The van der Waals surface area contributed by atoms with E-state index in [1.807, 2.05) is 0 Å². The van der Waals surface area contributed by atoms with Crippen LogP contribution in [0.25, 0.3) is 0 Å². The first-order valence-electron chi connectivity index (χ1n) is 6.15. The van der Waals surface area contributed by atoms with Crippen molar-refractivity contribution in [3.63, 3.8) is 0 Å². The van der Waals surface area contributed by atoms with Gasteiger partial charge in [-0.3, -0.25) is 0 Å². The molecular formula is C14H20BrN. The van der Waals surface area contributed by atoms with Gasteiger partial charge in [-0.2, -0.15) is 0 Å². The van der Waals surface area contributed by atoms with E-state index in [2.05, 4.69) is 59.4 Å². The largest absolute Gasteiger partial charge is 0.382 e. The summed E-state index contributed by atoms with van der Waals surface area (Å²) in [7, 11) is 0. The number of nitrogens with one attached hydrogen (secondary N) is 1. The van der Waals surface area contributed by atoms with Gasteiger partial charge in [0.1, 0.15) is 0 Å². The van der Waals surface area contributed by atoms with Crippen LogP contribution in [0.5, 0.6) is 0 Å². The van der Waals surface area contributed by atoms with Crippen LogP contribution < -0.4 is 5.32 Å². The van der Waals surface area contributed by atoms with E-state index < -0.39 is 0 Å². The molecular weight excluding hydrogens is 262 g/mol. The second kappa shape index (κ2) is 5.22. The molecule has 1 aromatic rings. The topological polar surface area (TPSA) is 12.0 Å². The summed E-state index contributed by atoms with van der Waals surface area (Å²) in [5.41, 5.74) is 1.24. The van der Waals surface area contributed by atoms with Gasteiger partial charge >= 0.3 is 0 Å². The highest BCUT2D eigenvalue weighted by molar-refractivity contribution is 9.10. The van der Waals surface area contributed by atoms with Gasteiger partial charge in [0.05, 0.1) is 0 Å². The Morgan fingerprint density at radius 2 is 1.81 bits per heavy atom. The highest BCUT2D eigenvalue weighted by Crippen LogP contribution is 2.30. The highest BCUT2D eigenvalue weighted by Gasteiger charge is 2.23. The average molecular weight is 282 g/mol. The number of anilines is 1. The highest BCUT2D eigenvalue weighted by atomic mass is 79.9. The van der Waals surface area contributed by atoms with Gasteiger partial charge in [0.2, 0.25) is 0 Å². The molecule has 1 aliphatic rings. The molecule has 1 aromatic carbocycles. The lowest BCUT2D eigenvalue weighted by Crippen LogP contribution is -2.30. The number of benzene rings is 1. The van der Waals surface area contributed by atoms with Crippen molar-refractivity contribution >= 4 is 21.6 Å². The molecule has 0 radical (unpaired) electrons. The van der Waals surface area contributed by atoms with Gasteiger partial charge in [0, 0.05) is 16.2 Å². The first kappa shape index (κ1) is 12.0. The quantitative estimate of drug-likeness (QED) is 0.830. The summed E-state index contributed by atoms with van der Waals surface area (Å²) in [6.45, 7) is 4.73. The fourth-order valence-electron chi connectivity index (χ4n) is 2.88. The van der Waals surface area contributed by atoms with Gasteiger partial charge in [0.25, 0.3) is 0 Å². The summed E-state index contributed by atoms with van der Waals surface area (Å²) in [6.07, 6.45) is 3.99. The van der Waals surface area contributed by atoms with Crippen LogP contribution in [-0.4, -0.2) is 6.04 Å². The average Bonchev–Trinajstić information content (AvgIpc) is 2.15. The van der Waals surface area contributed by atoms with Crippen molar-refractivity contribution in [3.05, 3.63) is 28.7 Å². The zero-order valence-electron chi connectivity index (χ0n) is 10.0. The Hall–Kier alpha value is -0.500. The third kappa shape index (κ3) is 3.24. The second-order valence-electron chi connectivity index (χ2n) is 5.27. The van der Waals surface area contributed by atoms with Crippen LogP contribution in [0.1, 0.15) is 33.1 Å². The predicted octanol–water partition coefficient (Wildman–Crippen LogP) is 4.69. The molecule has 0 heterocycles. The molecule has 0 bridgehead atoms. The van der Waals surface area contributed by atoms with E-state index in [4.69, 9.17) is 0 Å². The van der Waals surface area contributed by atoms with E-state index in [1.54, 1.807) is 0 Å². The number of hydrogen-bond donors (Lipinski definition) is 1. The fourth-order valence-corrected chi connectivity index (χ4v) is 3.28. The lowest BCUT2D eigenvalue weighted by Gasteiger charge is -2.32. The summed E-state index contributed by atoms with van der Waals surface area (Å²) in [5, 5.41) is 3.65. The zero-order chi connectivity index (χ0) is 11.5.